The molecule has 0 aromatic rings. The third-order valence-corrected chi connectivity index (χ3v) is 2.57. The van der Waals surface area contributed by atoms with Crippen molar-refractivity contribution in [2.24, 2.45) is 0 Å². The molecule has 92 valence electrons. The summed E-state index contributed by atoms with van der Waals surface area (Å²) < 4.78 is 11.5. The monoisotopic (exact) mass is 216 g/mol. The fourth-order valence-corrected chi connectivity index (χ4v) is 1.44. The van der Waals surface area contributed by atoms with Gasteiger partial charge in [0.1, 0.15) is 0 Å². The minimum atomic E-state index is 0.288. The van der Waals surface area contributed by atoms with Crippen molar-refractivity contribution in [3.63, 3.8) is 0 Å². The summed E-state index contributed by atoms with van der Waals surface area (Å²) in [5.74, 6) is 0. The summed E-state index contributed by atoms with van der Waals surface area (Å²) in [7, 11) is 0. The average Bonchev–Trinajstić information content (AvgIpc) is 2.23. The van der Waals surface area contributed by atoms with Crippen LogP contribution in [-0.4, -0.2) is 25.4 Å². The molecule has 2 nitrogen and oxygen atoms in total. The van der Waals surface area contributed by atoms with E-state index in [1.54, 1.807) is 0 Å². The fourth-order valence-electron chi connectivity index (χ4n) is 1.44. The Morgan fingerprint density at radius 2 is 1.73 bits per heavy atom. The van der Waals surface area contributed by atoms with Crippen molar-refractivity contribution in [1.82, 2.24) is 0 Å². The fraction of sp³-hybridized carbons (Fsp3) is 1.00. The maximum atomic E-state index is 5.74. The van der Waals surface area contributed by atoms with Crippen molar-refractivity contribution < 1.29 is 9.47 Å². The van der Waals surface area contributed by atoms with Crippen LogP contribution in [0.15, 0.2) is 0 Å². The number of ether oxygens (including phenoxy) is 2. The maximum absolute atomic E-state index is 5.74. The first kappa shape index (κ1) is 14.9. The van der Waals surface area contributed by atoms with Crippen molar-refractivity contribution in [1.29, 1.82) is 0 Å². The zero-order valence-corrected chi connectivity index (χ0v) is 10.9. The average molecular weight is 216 g/mol. The standard InChI is InChI=1S/C13H28O2/c1-5-8-10-14-13(7-3)11-15-12(4)9-6-2/h12-13H,5-11H2,1-4H3. The van der Waals surface area contributed by atoms with Crippen LogP contribution in [0.2, 0.25) is 0 Å². The predicted molar refractivity (Wildman–Crippen MR) is 65.3 cm³/mol. The van der Waals surface area contributed by atoms with Gasteiger partial charge in [0.05, 0.1) is 18.8 Å². The van der Waals surface area contributed by atoms with Gasteiger partial charge >= 0.3 is 0 Å². The van der Waals surface area contributed by atoms with Gasteiger partial charge in [0, 0.05) is 6.61 Å². The van der Waals surface area contributed by atoms with Crippen molar-refractivity contribution >= 4 is 0 Å². The number of hydrogen-bond acceptors (Lipinski definition) is 2. The molecule has 0 radical (unpaired) electrons. The van der Waals surface area contributed by atoms with Gasteiger partial charge in [-0.1, -0.05) is 33.6 Å². The van der Waals surface area contributed by atoms with Crippen LogP contribution in [0, 0.1) is 0 Å². The molecular formula is C13H28O2. The van der Waals surface area contributed by atoms with Gasteiger partial charge in [-0.25, -0.2) is 0 Å². The molecule has 0 aliphatic carbocycles. The van der Waals surface area contributed by atoms with Gasteiger partial charge in [0.15, 0.2) is 0 Å². The molecule has 2 heteroatoms. The zero-order chi connectivity index (χ0) is 11.5. The first-order valence-electron chi connectivity index (χ1n) is 6.47. The van der Waals surface area contributed by atoms with E-state index in [1.807, 2.05) is 0 Å². The van der Waals surface area contributed by atoms with Crippen LogP contribution in [0.5, 0.6) is 0 Å². The van der Waals surface area contributed by atoms with E-state index in [1.165, 1.54) is 12.8 Å². The second-order valence-electron chi connectivity index (χ2n) is 4.19. The highest BCUT2D eigenvalue weighted by Gasteiger charge is 2.08. The molecule has 15 heavy (non-hydrogen) atoms. The summed E-state index contributed by atoms with van der Waals surface area (Å²) in [6.45, 7) is 10.3. The molecular weight excluding hydrogens is 188 g/mol. The van der Waals surface area contributed by atoms with Gasteiger partial charge in [0.25, 0.3) is 0 Å². The molecule has 0 fully saturated rings. The summed E-state index contributed by atoms with van der Waals surface area (Å²) in [5.41, 5.74) is 0. The highest BCUT2D eigenvalue weighted by atomic mass is 16.5. The first-order valence-corrected chi connectivity index (χ1v) is 6.47. The van der Waals surface area contributed by atoms with E-state index in [0.717, 1.165) is 32.5 Å². The molecule has 0 amide bonds. The summed E-state index contributed by atoms with van der Waals surface area (Å²) >= 11 is 0. The molecule has 0 spiro atoms. The number of unbranched alkanes of at least 4 members (excludes halogenated alkanes) is 1. The van der Waals surface area contributed by atoms with Crippen molar-refractivity contribution in [3.8, 4) is 0 Å². The highest BCUT2D eigenvalue weighted by Crippen LogP contribution is 2.06. The van der Waals surface area contributed by atoms with Crippen LogP contribution in [0.4, 0.5) is 0 Å². The molecule has 2 unspecified atom stereocenters. The topological polar surface area (TPSA) is 18.5 Å². The SMILES string of the molecule is CCCCOC(CC)COC(C)CCC. The molecule has 0 N–H and O–H groups in total. The van der Waals surface area contributed by atoms with Gasteiger partial charge in [0.2, 0.25) is 0 Å². The Labute approximate surface area is 95.3 Å². The second kappa shape index (κ2) is 10.4. The van der Waals surface area contributed by atoms with Crippen LogP contribution < -0.4 is 0 Å². The minimum absolute atomic E-state index is 0.288. The second-order valence-corrected chi connectivity index (χ2v) is 4.19. The van der Waals surface area contributed by atoms with Crippen LogP contribution >= 0.6 is 0 Å². The molecule has 0 saturated heterocycles. The maximum Gasteiger partial charge on any atom is 0.0806 e. The third-order valence-electron chi connectivity index (χ3n) is 2.57. The highest BCUT2D eigenvalue weighted by molar-refractivity contribution is 4.56. The van der Waals surface area contributed by atoms with Gasteiger partial charge in [-0.3, -0.25) is 0 Å². The van der Waals surface area contributed by atoms with Gasteiger partial charge < -0.3 is 9.47 Å². The van der Waals surface area contributed by atoms with Crippen molar-refractivity contribution in [3.05, 3.63) is 0 Å². The van der Waals surface area contributed by atoms with Crippen molar-refractivity contribution in [2.75, 3.05) is 13.2 Å². The van der Waals surface area contributed by atoms with E-state index in [2.05, 4.69) is 27.7 Å². The molecule has 0 rings (SSSR count). The van der Waals surface area contributed by atoms with E-state index in [9.17, 15) is 0 Å². The molecule has 0 bridgehead atoms. The summed E-state index contributed by atoms with van der Waals surface area (Å²) in [6, 6.07) is 0. The molecule has 0 aliphatic heterocycles. The predicted octanol–water partition coefficient (Wildman–Crippen LogP) is 3.79. The Kier molecular flexibility index (Phi) is 10.4. The largest absolute Gasteiger partial charge is 0.376 e. The molecule has 0 aliphatic rings. The Bertz CT molecular complexity index is 126. The quantitative estimate of drug-likeness (QED) is 0.517. The van der Waals surface area contributed by atoms with Gasteiger partial charge in [-0.15, -0.1) is 0 Å². The zero-order valence-electron chi connectivity index (χ0n) is 10.9. The summed E-state index contributed by atoms with van der Waals surface area (Å²) in [6.07, 6.45) is 6.39. The minimum Gasteiger partial charge on any atom is -0.376 e. The van der Waals surface area contributed by atoms with E-state index >= 15 is 0 Å². The Morgan fingerprint density at radius 1 is 1.00 bits per heavy atom. The summed E-state index contributed by atoms with van der Waals surface area (Å²) in [4.78, 5) is 0. The number of rotatable bonds is 10. The third kappa shape index (κ3) is 8.88. The van der Waals surface area contributed by atoms with Crippen LogP contribution in [0.3, 0.4) is 0 Å². The Hall–Kier alpha value is -0.0800. The molecule has 0 heterocycles. The van der Waals surface area contributed by atoms with Crippen molar-refractivity contribution in [2.45, 2.75) is 72.0 Å². The van der Waals surface area contributed by atoms with E-state index in [-0.39, 0.29) is 6.10 Å². The van der Waals surface area contributed by atoms with E-state index < -0.39 is 0 Å². The number of hydrogen-bond donors (Lipinski definition) is 0. The normalized spacial score (nSPS) is 15.2. The van der Waals surface area contributed by atoms with E-state index in [0.29, 0.717) is 6.10 Å². The lowest BCUT2D eigenvalue weighted by atomic mass is 10.2. The molecule has 0 saturated carbocycles. The first-order chi connectivity index (χ1) is 7.24. The summed E-state index contributed by atoms with van der Waals surface area (Å²) in [5, 5.41) is 0. The van der Waals surface area contributed by atoms with Gasteiger partial charge in [-0.05, 0) is 26.2 Å². The van der Waals surface area contributed by atoms with Crippen LogP contribution in [0.1, 0.15) is 59.8 Å². The lowest BCUT2D eigenvalue weighted by Gasteiger charge is -2.19. The lowest BCUT2D eigenvalue weighted by Crippen LogP contribution is -2.22. The van der Waals surface area contributed by atoms with Crippen LogP contribution in [0.25, 0.3) is 0 Å². The van der Waals surface area contributed by atoms with Gasteiger partial charge in [-0.2, -0.15) is 0 Å². The molecule has 0 aromatic heterocycles. The molecule has 0 aromatic carbocycles. The van der Waals surface area contributed by atoms with Crippen LogP contribution in [-0.2, 0) is 9.47 Å². The lowest BCUT2D eigenvalue weighted by molar-refractivity contribution is -0.0432. The smallest absolute Gasteiger partial charge is 0.0806 e. The molecule has 2 atom stereocenters. The Balaban J connectivity index is 3.51. The van der Waals surface area contributed by atoms with E-state index in [4.69, 9.17) is 9.47 Å². The Morgan fingerprint density at radius 3 is 2.27 bits per heavy atom.